The summed E-state index contributed by atoms with van der Waals surface area (Å²) in [5.74, 6) is -0.0329. The molecule has 0 aliphatic heterocycles. The first-order valence-electron chi connectivity index (χ1n) is 3.97. The molecule has 0 saturated carbocycles. The number of nitrogens with zero attached hydrogens (tertiary/aromatic N) is 2. The van der Waals surface area contributed by atoms with Crippen molar-refractivity contribution in [2.24, 2.45) is 0 Å². The number of imidazole rings is 1. The topological polar surface area (TPSA) is 55.1 Å². The van der Waals surface area contributed by atoms with Crippen molar-refractivity contribution in [1.82, 2.24) is 9.55 Å². The van der Waals surface area contributed by atoms with Crippen molar-refractivity contribution in [1.29, 1.82) is 0 Å². The lowest BCUT2D eigenvalue weighted by atomic mass is 10.5. The Morgan fingerprint density at radius 3 is 2.92 bits per heavy atom. The summed E-state index contributed by atoms with van der Waals surface area (Å²) in [5, 5.41) is 8.79. The summed E-state index contributed by atoms with van der Waals surface area (Å²) in [6.45, 7) is 2.56. The van der Waals surface area contributed by atoms with E-state index in [4.69, 9.17) is 5.11 Å². The van der Waals surface area contributed by atoms with E-state index in [0.717, 1.165) is 11.4 Å². The zero-order chi connectivity index (χ0) is 9.84. The Labute approximate surface area is 81.0 Å². The van der Waals surface area contributed by atoms with Gasteiger partial charge < -0.3 is 9.67 Å². The van der Waals surface area contributed by atoms with Gasteiger partial charge >= 0.3 is 5.97 Å². The first kappa shape index (κ1) is 10.1. The van der Waals surface area contributed by atoms with Crippen LogP contribution in [-0.2, 0) is 12.3 Å². The highest BCUT2D eigenvalue weighted by atomic mass is 32.2. The molecule has 1 heterocycles. The van der Waals surface area contributed by atoms with Gasteiger partial charge in [0.15, 0.2) is 0 Å². The molecule has 0 amide bonds. The first-order valence-corrected chi connectivity index (χ1v) is 5.36. The minimum atomic E-state index is -0.964. The maximum atomic E-state index is 10.7. The Hall–Kier alpha value is -0.970. The van der Waals surface area contributed by atoms with Gasteiger partial charge in [-0.05, 0) is 13.2 Å². The maximum absolute atomic E-state index is 10.7. The smallest absolute Gasteiger partial charge is 0.372 e. The Morgan fingerprint density at radius 2 is 2.46 bits per heavy atom. The van der Waals surface area contributed by atoms with Gasteiger partial charge in [0, 0.05) is 24.2 Å². The average Bonchev–Trinajstić information content (AvgIpc) is 2.48. The van der Waals surface area contributed by atoms with Gasteiger partial charge in [0.25, 0.3) is 0 Å². The van der Waals surface area contributed by atoms with E-state index < -0.39 is 5.97 Å². The highest BCUT2D eigenvalue weighted by Gasteiger charge is 2.13. The molecule has 1 aromatic heterocycles. The molecule has 72 valence electrons. The van der Waals surface area contributed by atoms with E-state index in [-0.39, 0.29) is 5.82 Å². The van der Waals surface area contributed by atoms with Gasteiger partial charge in [0.05, 0.1) is 0 Å². The third-order valence-corrected chi connectivity index (χ3v) is 2.32. The molecule has 5 heteroatoms. The molecule has 1 rings (SSSR count). The highest BCUT2D eigenvalue weighted by molar-refractivity contribution is 7.97. The van der Waals surface area contributed by atoms with Gasteiger partial charge in [-0.3, -0.25) is 0 Å². The van der Waals surface area contributed by atoms with Crippen LogP contribution in [0.25, 0.3) is 0 Å². The maximum Gasteiger partial charge on any atom is 0.372 e. The van der Waals surface area contributed by atoms with Crippen LogP contribution in [0.4, 0.5) is 0 Å². The predicted molar refractivity (Wildman–Crippen MR) is 52.1 cm³/mol. The summed E-state index contributed by atoms with van der Waals surface area (Å²) in [5.41, 5.74) is 0.965. The molecule has 0 radical (unpaired) electrons. The number of carboxylic acid groups (broad SMARTS) is 1. The number of aromatic carboxylic acids is 1. The molecule has 0 atom stereocenters. The van der Waals surface area contributed by atoms with E-state index >= 15 is 0 Å². The second kappa shape index (κ2) is 4.32. The summed E-state index contributed by atoms with van der Waals surface area (Å²) in [6, 6.07) is 0. The fourth-order valence-electron chi connectivity index (χ4n) is 1.20. The minimum absolute atomic E-state index is 0.131. The van der Waals surface area contributed by atoms with Crippen LogP contribution in [0, 0.1) is 0 Å². The summed E-state index contributed by atoms with van der Waals surface area (Å²) in [7, 11) is 0. The van der Waals surface area contributed by atoms with Crippen LogP contribution < -0.4 is 0 Å². The van der Waals surface area contributed by atoms with Crippen LogP contribution >= 0.6 is 11.8 Å². The zero-order valence-electron chi connectivity index (χ0n) is 7.65. The van der Waals surface area contributed by atoms with Crippen LogP contribution in [0.5, 0.6) is 0 Å². The lowest BCUT2D eigenvalue weighted by Crippen LogP contribution is -2.10. The lowest BCUT2D eigenvalue weighted by Gasteiger charge is -2.04. The first-order chi connectivity index (χ1) is 6.20. The number of rotatable bonds is 4. The number of hydrogen-bond acceptors (Lipinski definition) is 3. The molecule has 0 aliphatic carbocycles. The Morgan fingerprint density at radius 1 is 1.77 bits per heavy atom. The zero-order valence-corrected chi connectivity index (χ0v) is 8.47. The molecule has 0 fully saturated rings. The molecule has 0 saturated heterocycles. The second-order valence-electron chi connectivity index (χ2n) is 2.56. The Bertz CT molecular complexity index is 309. The average molecular weight is 200 g/mol. The summed E-state index contributed by atoms with van der Waals surface area (Å²) in [6.07, 6.45) is 3.61. The number of carbonyl (C=O) groups is 1. The lowest BCUT2D eigenvalue weighted by molar-refractivity contribution is 0.0678. The van der Waals surface area contributed by atoms with E-state index in [2.05, 4.69) is 4.98 Å². The fraction of sp³-hybridized carbons (Fsp3) is 0.500. The van der Waals surface area contributed by atoms with Gasteiger partial charge in [-0.25, -0.2) is 9.78 Å². The van der Waals surface area contributed by atoms with Crippen molar-refractivity contribution >= 4 is 17.7 Å². The van der Waals surface area contributed by atoms with Crippen molar-refractivity contribution in [3.05, 3.63) is 17.7 Å². The van der Waals surface area contributed by atoms with Gasteiger partial charge in [0.1, 0.15) is 0 Å². The third kappa shape index (κ3) is 2.03. The van der Waals surface area contributed by atoms with E-state index in [0.29, 0.717) is 6.54 Å². The molecular formula is C8H12N2O2S. The molecule has 0 unspecified atom stereocenters. The fourth-order valence-corrected chi connectivity index (χ4v) is 1.72. The van der Waals surface area contributed by atoms with Crippen molar-refractivity contribution in [3.63, 3.8) is 0 Å². The molecule has 0 spiro atoms. The van der Waals surface area contributed by atoms with Crippen molar-refractivity contribution in [3.8, 4) is 0 Å². The van der Waals surface area contributed by atoms with Crippen LogP contribution in [0.3, 0.4) is 0 Å². The summed E-state index contributed by atoms with van der Waals surface area (Å²) >= 11 is 1.66. The van der Waals surface area contributed by atoms with Gasteiger partial charge in [-0.1, -0.05) is 0 Å². The molecule has 0 bridgehead atoms. The third-order valence-electron chi connectivity index (χ3n) is 1.74. The molecule has 13 heavy (non-hydrogen) atoms. The van der Waals surface area contributed by atoms with Crippen molar-refractivity contribution < 1.29 is 9.90 Å². The van der Waals surface area contributed by atoms with E-state index in [1.165, 1.54) is 0 Å². The minimum Gasteiger partial charge on any atom is -0.475 e. The molecular weight excluding hydrogens is 188 g/mol. The number of aromatic nitrogens is 2. The van der Waals surface area contributed by atoms with E-state index in [9.17, 15) is 4.79 Å². The van der Waals surface area contributed by atoms with Crippen molar-refractivity contribution in [2.75, 3.05) is 6.26 Å². The molecule has 1 aromatic rings. The summed E-state index contributed by atoms with van der Waals surface area (Å²) < 4.78 is 1.72. The van der Waals surface area contributed by atoms with Crippen molar-refractivity contribution in [2.45, 2.75) is 19.2 Å². The monoisotopic (exact) mass is 200 g/mol. The largest absolute Gasteiger partial charge is 0.475 e. The SMILES string of the molecule is CCn1c(CSC)cnc1C(=O)O. The number of thioether (sulfide) groups is 1. The summed E-state index contributed by atoms with van der Waals surface area (Å²) in [4.78, 5) is 14.6. The standard InChI is InChI=1S/C8H12N2O2S/c1-3-10-6(5-13-2)4-9-7(10)8(11)12/h4H,3,5H2,1-2H3,(H,11,12). The van der Waals surface area contributed by atoms with Gasteiger partial charge in [0.2, 0.25) is 5.82 Å². The normalized spacial score (nSPS) is 10.3. The van der Waals surface area contributed by atoms with Crippen LogP contribution in [0.1, 0.15) is 23.2 Å². The van der Waals surface area contributed by atoms with Gasteiger partial charge in [-0.2, -0.15) is 11.8 Å². The highest BCUT2D eigenvalue weighted by Crippen LogP contribution is 2.11. The van der Waals surface area contributed by atoms with Crippen LogP contribution in [0.15, 0.2) is 6.20 Å². The Kier molecular flexibility index (Phi) is 3.36. The van der Waals surface area contributed by atoms with E-state index in [1.54, 1.807) is 22.5 Å². The van der Waals surface area contributed by atoms with Gasteiger partial charge in [-0.15, -0.1) is 0 Å². The molecule has 4 nitrogen and oxygen atoms in total. The van der Waals surface area contributed by atoms with Crippen LogP contribution in [-0.4, -0.2) is 26.9 Å². The molecule has 1 N–H and O–H groups in total. The second-order valence-corrected chi connectivity index (χ2v) is 3.42. The van der Waals surface area contributed by atoms with E-state index in [1.807, 2.05) is 13.2 Å². The predicted octanol–water partition coefficient (Wildman–Crippen LogP) is 1.46. The quantitative estimate of drug-likeness (QED) is 0.799. The number of hydrogen-bond donors (Lipinski definition) is 1. The Balaban J connectivity index is 3.03. The molecule has 0 aliphatic rings. The van der Waals surface area contributed by atoms with Crippen LogP contribution in [0.2, 0.25) is 0 Å². The molecule has 0 aromatic carbocycles. The number of carboxylic acids is 1.